The van der Waals surface area contributed by atoms with E-state index in [9.17, 15) is 9.59 Å². The number of hydrogen-bond donors (Lipinski definition) is 1. The Balaban J connectivity index is 1.32. The molecule has 1 unspecified atom stereocenters. The molecular weight excluding hydrogens is 532 g/mol. The third-order valence-corrected chi connectivity index (χ3v) is 7.96. The fraction of sp³-hybridized carbons (Fsp3) is 0.483. The Morgan fingerprint density at radius 1 is 1.18 bits per heavy atom. The average Bonchev–Trinajstić information content (AvgIpc) is 3.49. The predicted octanol–water partition coefficient (Wildman–Crippen LogP) is 5.00. The quantitative estimate of drug-likeness (QED) is 0.451. The molecule has 1 aliphatic carbocycles. The molecule has 2 aromatic rings. The van der Waals surface area contributed by atoms with Gasteiger partial charge in [0.1, 0.15) is 0 Å². The lowest BCUT2D eigenvalue weighted by atomic mass is 10.1. The van der Waals surface area contributed by atoms with Gasteiger partial charge in [-0.2, -0.15) is 5.10 Å². The van der Waals surface area contributed by atoms with Crippen LogP contribution in [0, 0.1) is 0 Å². The number of morpholine rings is 1. The van der Waals surface area contributed by atoms with E-state index >= 15 is 0 Å². The number of amides is 2. The highest BCUT2D eigenvalue weighted by atomic mass is 32.2. The number of rotatable bonds is 9. The van der Waals surface area contributed by atoms with Crippen molar-refractivity contribution in [3.05, 3.63) is 53.6 Å². The number of nitrogens with one attached hydrogen (secondary N) is 1. The fourth-order valence-electron chi connectivity index (χ4n) is 5.03. The number of carbonyl (C=O) groups excluding carboxylic acids is 2. The lowest BCUT2D eigenvalue weighted by Crippen LogP contribution is -2.52. The fourth-order valence-corrected chi connectivity index (χ4v) is 5.77. The monoisotopic (exact) mass is 568 g/mol. The largest absolute Gasteiger partial charge is 0.493 e. The van der Waals surface area contributed by atoms with Gasteiger partial charge in [-0.1, -0.05) is 23.9 Å². The number of methoxy groups -OCH3 is 1. The average molecular weight is 569 g/mol. The summed E-state index contributed by atoms with van der Waals surface area (Å²) in [6.07, 6.45) is 3.74. The van der Waals surface area contributed by atoms with Crippen LogP contribution in [0.25, 0.3) is 0 Å². The second-order valence-electron chi connectivity index (χ2n) is 9.81. The van der Waals surface area contributed by atoms with E-state index in [1.807, 2.05) is 42.5 Å². The van der Waals surface area contributed by atoms with Crippen molar-refractivity contribution >= 4 is 34.5 Å². The number of benzene rings is 2. The number of carbonyl (C=O) groups is 2. The minimum absolute atomic E-state index is 0.112. The molecular formula is C29H36N4O6S. The Labute approximate surface area is 239 Å². The molecule has 214 valence electrons. The Morgan fingerprint density at radius 2 is 1.98 bits per heavy atom. The molecule has 1 saturated carbocycles. The van der Waals surface area contributed by atoms with Gasteiger partial charge >= 0.3 is 11.3 Å². The minimum Gasteiger partial charge on any atom is -0.493 e. The molecule has 2 aliphatic heterocycles. The van der Waals surface area contributed by atoms with Crippen LogP contribution in [-0.2, 0) is 16.0 Å². The van der Waals surface area contributed by atoms with E-state index in [0.29, 0.717) is 42.6 Å². The van der Waals surface area contributed by atoms with Crippen LogP contribution in [0.4, 0.5) is 15.3 Å². The van der Waals surface area contributed by atoms with E-state index in [1.165, 1.54) is 34.5 Å². The van der Waals surface area contributed by atoms with E-state index in [-0.39, 0.29) is 18.0 Å². The highest BCUT2D eigenvalue weighted by molar-refractivity contribution is 8.14. The van der Waals surface area contributed by atoms with Crippen LogP contribution in [-0.4, -0.2) is 73.6 Å². The Kier molecular flexibility index (Phi) is 9.45. The van der Waals surface area contributed by atoms with Crippen molar-refractivity contribution in [2.75, 3.05) is 44.1 Å². The number of anilines is 1. The Morgan fingerprint density at radius 3 is 2.67 bits per heavy atom. The zero-order chi connectivity index (χ0) is 27.9. The van der Waals surface area contributed by atoms with Crippen LogP contribution in [0.2, 0.25) is 0 Å². The van der Waals surface area contributed by atoms with Gasteiger partial charge < -0.3 is 24.3 Å². The van der Waals surface area contributed by atoms with Crippen molar-refractivity contribution in [1.29, 1.82) is 0 Å². The van der Waals surface area contributed by atoms with Gasteiger partial charge in [0.25, 0.3) is 0 Å². The van der Waals surface area contributed by atoms with Crippen molar-refractivity contribution in [1.82, 2.24) is 10.3 Å². The van der Waals surface area contributed by atoms with Gasteiger partial charge in [-0.05, 0) is 68.5 Å². The maximum Gasteiger partial charge on any atom is 0.416 e. The number of hydrazone groups is 1. The maximum atomic E-state index is 12.8. The number of hydrogen-bond acceptors (Lipinski definition) is 9. The first-order chi connectivity index (χ1) is 19.6. The molecule has 0 bridgehead atoms. The first-order valence-corrected chi connectivity index (χ1v) is 14.8. The normalized spacial score (nSPS) is 19.8. The van der Waals surface area contributed by atoms with Crippen LogP contribution in [0.5, 0.6) is 11.5 Å². The summed E-state index contributed by atoms with van der Waals surface area (Å²) in [5.41, 5.74) is 3.25. The first-order valence-electron chi connectivity index (χ1n) is 13.8. The predicted molar refractivity (Wildman–Crippen MR) is 154 cm³/mol. The number of thioether (sulfide) groups is 1. The first kappa shape index (κ1) is 28.3. The van der Waals surface area contributed by atoms with Gasteiger partial charge in [-0.25, -0.2) is 14.7 Å². The summed E-state index contributed by atoms with van der Waals surface area (Å²) in [4.78, 5) is 27.0. The zero-order valence-corrected chi connectivity index (χ0v) is 23.8. The number of ether oxygens (including phenoxy) is 4. The van der Waals surface area contributed by atoms with Crippen molar-refractivity contribution in [3.63, 3.8) is 0 Å². The molecule has 3 aliphatic rings. The molecule has 5 rings (SSSR count). The van der Waals surface area contributed by atoms with Crippen molar-refractivity contribution in [2.45, 2.75) is 51.5 Å². The van der Waals surface area contributed by atoms with E-state index in [0.717, 1.165) is 36.2 Å². The van der Waals surface area contributed by atoms with Crippen LogP contribution < -0.4 is 19.7 Å². The summed E-state index contributed by atoms with van der Waals surface area (Å²) in [7, 11) is 1.64. The standard InChI is InChI=1S/C29H36N4O6S/c1-3-37-28(34)33(27-17-30-14-15-38-27)22-11-8-20(9-12-22)18-32-29(35)40-19-24(31-32)21-10-13-25(36-2)26(16-21)39-23-6-4-5-7-23/h8-13,16,23,27,30H,3-7,14-15,17-19H2,1-2H3. The van der Waals surface area contributed by atoms with Gasteiger partial charge in [0.05, 0.1) is 38.7 Å². The zero-order valence-electron chi connectivity index (χ0n) is 23.0. The Hall–Kier alpha value is -3.28. The van der Waals surface area contributed by atoms with Crippen LogP contribution in [0.3, 0.4) is 0 Å². The van der Waals surface area contributed by atoms with Gasteiger partial charge in [0.2, 0.25) is 0 Å². The summed E-state index contributed by atoms with van der Waals surface area (Å²) in [6, 6.07) is 13.3. The summed E-state index contributed by atoms with van der Waals surface area (Å²) in [5.74, 6) is 1.88. The molecule has 2 heterocycles. The lowest BCUT2D eigenvalue weighted by molar-refractivity contribution is 0.0247. The minimum atomic E-state index is -0.462. The summed E-state index contributed by atoms with van der Waals surface area (Å²) in [5, 5.41) is 9.33. The molecule has 1 N–H and O–H groups in total. The second kappa shape index (κ2) is 13.4. The molecule has 1 atom stereocenters. The summed E-state index contributed by atoms with van der Waals surface area (Å²) >= 11 is 1.22. The molecule has 2 amide bonds. The molecule has 40 heavy (non-hydrogen) atoms. The van der Waals surface area contributed by atoms with E-state index in [1.54, 1.807) is 14.0 Å². The molecule has 0 radical (unpaired) electrons. The smallest absolute Gasteiger partial charge is 0.416 e. The van der Waals surface area contributed by atoms with Crippen molar-refractivity contribution in [3.8, 4) is 11.5 Å². The highest BCUT2D eigenvalue weighted by Gasteiger charge is 2.29. The van der Waals surface area contributed by atoms with Crippen LogP contribution >= 0.6 is 11.8 Å². The summed E-state index contributed by atoms with van der Waals surface area (Å²) in [6.45, 7) is 4.11. The third kappa shape index (κ3) is 6.71. The maximum absolute atomic E-state index is 12.8. The van der Waals surface area contributed by atoms with E-state index in [2.05, 4.69) is 5.32 Å². The van der Waals surface area contributed by atoms with E-state index < -0.39 is 12.3 Å². The highest BCUT2D eigenvalue weighted by Crippen LogP contribution is 2.34. The second-order valence-corrected chi connectivity index (χ2v) is 10.7. The van der Waals surface area contributed by atoms with Crippen molar-refractivity contribution in [2.24, 2.45) is 5.10 Å². The van der Waals surface area contributed by atoms with Crippen molar-refractivity contribution < 1.29 is 28.5 Å². The summed E-state index contributed by atoms with van der Waals surface area (Å²) < 4.78 is 22.9. The van der Waals surface area contributed by atoms with Gasteiger partial charge in [0, 0.05) is 30.1 Å². The number of nitrogens with zero attached hydrogens (tertiary/aromatic N) is 3. The lowest BCUT2D eigenvalue weighted by Gasteiger charge is -2.33. The van der Waals surface area contributed by atoms with Gasteiger partial charge in [-0.3, -0.25) is 4.79 Å². The third-order valence-electron chi connectivity index (χ3n) is 7.08. The molecule has 1 saturated heterocycles. The topological polar surface area (TPSA) is 102 Å². The Bertz CT molecular complexity index is 1210. The molecule has 2 fully saturated rings. The SMILES string of the molecule is CCOC(=O)N(c1ccc(CN2N=C(c3ccc(OC)c(OC4CCCC4)c3)CSC2=O)cc1)C1CNCCO1. The molecule has 0 spiro atoms. The van der Waals surface area contributed by atoms with Gasteiger partial charge in [0.15, 0.2) is 17.7 Å². The van der Waals surface area contributed by atoms with Crippen LogP contribution in [0.1, 0.15) is 43.7 Å². The van der Waals surface area contributed by atoms with E-state index in [4.69, 9.17) is 24.0 Å². The van der Waals surface area contributed by atoms with Gasteiger partial charge in [-0.15, -0.1) is 0 Å². The van der Waals surface area contributed by atoms with Crippen LogP contribution in [0.15, 0.2) is 47.6 Å². The molecule has 10 nitrogen and oxygen atoms in total. The molecule has 0 aromatic heterocycles. The molecule has 2 aromatic carbocycles. The molecule has 11 heteroatoms.